The summed E-state index contributed by atoms with van der Waals surface area (Å²) in [7, 11) is 0. The zero-order chi connectivity index (χ0) is 24.0. The Morgan fingerprint density at radius 3 is 2.68 bits per heavy atom. The molecule has 4 aromatic rings. The van der Waals surface area contributed by atoms with Gasteiger partial charge in [0.05, 0.1) is 29.5 Å². The van der Waals surface area contributed by atoms with Gasteiger partial charge in [-0.3, -0.25) is 4.18 Å². The van der Waals surface area contributed by atoms with Gasteiger partial charge in [0.25, 0.3) is 0 Å². The summed E-state index contributed by atoms with van der Waals surface area (Å²) in [5.41, 5.74) is 1.92. The van der Waals surface area contributed by atoms with Gasteiger partial charge >= 0.3 is 0 Å². The zero-order valence-electron chi connectivity index (χ0n) is 17.6. The fourth-order valence-corrected chi connectivity index (χ4v) is 5.41. The zero-order valence-corrected chi connectivity index (χ0v) is 20.0. The third-order valence-electron chi connectivity index (χ3n) is 6.09. The van der Waals surface area contributed by atoms with Crippen LogP contribution in [-0.4, -0.2) is 53.9 Å². The molecule has 34 heavy (non-hydrogen) atoms. The molecule has 0 aliphatic heterocycles. The minimum absolute atomic E-state index is 0.0284. The van der Waals surface area contributed by atoms with Crippen LogP contribution in [-0.2, 0) is 15.4 Å². The minimum Gasteiger partial charge on any atom is -0.390 e. The number of benzene rings is 2. The number of nitrogens with one attached hydrogen (secondary N) is 1. The van der Waals surface area contributed by atoms with E-state index in [1.165, 1.54) is 0 Å². The molecule has 2 aromatic carbocycles. The summed E-state index contributed by atoms with van der Waals surface area (Å²) < 4.78 is 17.6. The molecule has 5 rings (SSSR count). The summed E-state index contributed by atoms with van der Waals surface area (Å²) in [4.78, 5) is 4.40. The molecule has 0 spiro atoms. The molecule has 1 aliphatic carbocycles. The van der Waals surface area contributed by atoms with Crippen LogP contribution in [0.5, 0.6) is 0 Å². The van der Waals surface area contributed by atoms with E-state index in [0.717, 1.165) is 16.3 Å². The van der Waals surface area contributed by atoms with Gasteiger partial charge in [0, 0.05) is 34.2 Å². The molecular weight excluding hydrogens is 501 g/mol. The van der Waals surface area contributed by atoms with Gasteiger partial charge < -0.3 is 15.5 Å². The molecule has 2 heterocycles. The average molecular weight is 522 g/mol. The van der Waals surface area contributed by atoms with Crippen LogP contribution >= 0.6 is 23.2 Å². The number of rotatable bonds is 6. The van der Waals surface area contributed by atoms with Crippen LogP contribution in [0.15, 0.2) is 48.7 Å². The maximum atomic E-state index is 11.0. The Balaban J connectivity index is 1.49. The van der Waals surface area contributed by atoms with E-state index in [0.29, 0.717) is 33.6 Å². The molecule has 0 bridgehead atoms. The predicted molar refractivity (Wildman–Crippen MR) is 132 cm³/mol. The predicted octanol–water partition coefficient (Wildman–Crippen LogP) is 2.93. The van der Waals surface area contributed by atoms with E-state index in [4.69, 9.17) is 37.6 Å². The quantitative estimate of drug-likeness (QED) is 0.306. The number of aliphatic hydroxyl groups is 2. The number of anilines is 1. The first kappa shape index (κ1) is 23.4. The van der Waals surface area contributed by atoms with Crippen LogP contribution < -0.4 is 10.5 Å². The standard InChI is InChI=1S/C22H21Cl2N5O4S/c23-14-8-15(24)20(13-4-2-1-3-12(13)14)16-9-19-26-6-5-18(29(19)28-16)27-17-7-11(10-33-34(25)32)21(30)22(17)31/h1-6,8-9,11,17,21-22,27,30-31H,7,10,25H2/t11-,17-,21-,22+,34?/m1/s1. The van der Waals surface area contributed by atoms with Crippen molar-refractivity contribution in [1.82, 2.24) is 14.6 Å². The number of fused-ring (bicyclic) bond motifs is 2. The van der Waals surface area contributed by atoms with Crippen molar-refractivity contribution in [2.45, 2.75) is 24.7 Å². The average Bonchev–Trinajstić information content (AvgIpc) is 3.35. The Morgan fingerprint density at radius 2 is 1.91 bits per heavy atom. The molecule has 0 amide bonds. The lowest BCUT2D eigenvalue weighted by Crippen LogP contribution is -2.36. The smallest absolute Gasteiger partial charge is 0.231 e. The molecule has 12 heteroatoms. The van der Waals surface area contributed by atoms with Gasteiger partial charge in [0.1, 0.15) is 11.9 Å². The lowest BCUT2D eigenvalue weighted by molar-refractivity contribution is 0.00834. The van der Waals surface area contributed by atoms with Gasteiger partial charge in [-0.15, -0.1) is 0 Å². The number of aromatic nitrogens is 3. The molecule has 178 valence electrons. The first-order valence-corrected chi connectivity index (χ1v) is 12.4. The maximum Gasteiger partial charge on any atom is 0.231 e. The van der Waals surface area contributed by atoms with E-state index in [2.05, 4.69) is 10.3 Å². The maximum absolute atomic E-state index is 11.0. The monoisotopic (exact) mass is 521 g/mol. The summed E-state index contributed by atoms with van der Waals surface area (Å²) in [6.07, 6.45) is -0.107. The van der Waals surface area contributed by atoms with E-state index in [1.54, 1.807) is 22.8 Å². The van der Waals surface area contributed by atoms with E-state index < -0.39 is 35.4 Å². The van der Waals surface area contributed by atoms with Gasteiger partial charge in [0.15, 0.2) is 5.65 Å². The Hall–Kier alpha value is -2.31. The highest BCUT2D eigenvalue weighted by molar-refractivity contribution is 7.77. The number of hydrogen-bond acceptors (Lipinski definition) is 7. The Morgan fingerprint density at radius 1 is 1.15 bits per heavy atom. The second-order valence-corrected chi connectivity index (χ2v) is 9.73. The van der Waals surface area contributed by atoms with Crippen molar-refractivity contribution >= 4 is 56.7 Å². The molecule has 1 saturated carbocycles. The van der Waals surface area contributed by atoms with E-state index >= 15 is 0 Å². The minimum atomic E-state index is -1.94. The highest BCUT2D eigenvalue weighted by Crippen LogP contribution is 2.39. The summed E-state index contributed by atoms with van der Waals surface area (Å²) in [6.45, 7) is -0.0284. The van der Waals surface area contributed by atoms with Crippen molar-refractivity contribution in [3.63, 3.8) is 0 Å². The summed E-state index contributed by atoms with van der Waals surface area (Å²) >= 11 is 11.0. The molecule has 5 atom stereocenters. The van der Waals surface area contributed by atoms with Crippen LogP contribution in [0.2, 0.25) is 10.0 Å². The van der Waals surface area contributed by atoms with Crippen LogP contribution in [0.3, 0.4) is 0 Å². The number of nitrogens with two attached hydrogens (primary N) is 1. The van der Waals surface area contributed by atoms with Crippen LogP contribution in [0.1, 0.15) is 6.42 Å². The summed E-state index contributed by atoms with van der Waals surface area (Å²) in [6, 6.07) is 12.4. The molecular formula is C22H21Cl2N5O4S. The highest BCUT2D eigenvalue weighted by atomic mass is 35.5. The van der Waals surface area contributed by atoms with Crippen LogP contribution in [0.4, 0.5) is 5.82 Å². The molecule has 1 unspecified atom stereocenters. The van der Waals surface area contributed by atoms with Crippen molar-refractivity contribution < 1.29 is 18.6 Å². The first-order valence-electron chi connectivity index (χ1n) is 10.5. The number of nitrogens with zero attached hydrogens (tertiary/aromatic N) is 3. The third-order valence-corrected chi connectivity index (χ3v) is 7.07. The lowest BCUT2D eigenvalue weighted by Gasteiger charge is -2.19. The second-order valence-electron chi connectivity index (χ2n) is 8.16. The normalized spacial score (nSPS) is 23.6. The Bertz CT molecular complexity index is 1400. The Kier molecular flexibility index (Phi) is 6.47. The molecule has 2 aromatic heterocycles. The topological polar surface area (TPSA) is 135 Å². The third kappa shape index (κ3) is 4.27. The fourth-order valence-electron chi connectivity index (χ4n) is 4.46. The van der Waals surface area contributed by atoms with Crippen molar-refractivity contribution in [2.24, 2.45) is 11.1 Å². The fraction of sp³-hybridized carbons (Fsp3) is 0.273. The number of aliphatic hydroxyl groups excluding tert-OH is 2. The van der Waals surface area contributed by atoms with Gasteiger partial charge in [-0.25, -0.2) is 14.3 Å². The molecule has 0 radical (unpaired) electrons. The van der Waals surface area contributed by atoms with Crippen molar-refractivity contribution in [3.8, 4) is 11.3 Å². The van der Waals surface area contributed by atoms with E-state index in [-0.39, 0.29) is 6.61 Å². The van der Waals surface area contributed by atoms with Gasteiger partial charge in [-0.2, -0.15) is 9.61 Å². The number of hydrogen-bond donors (Lipinski definition) is 4. The van der Waals surface area contributed by atoms with Crippen molar-refractivity contribution in [1.29, 1.82) is 0 Å². The van der Waals surface area contributed by atoms with E-state index in [1.807, 2.05) is 30.3 Å². The molecule has 9 nitrogen and oxygen atoms in total. The lowest BCUT2D eigenvalue weighted by atomic mass is 10.0. The highest BCUT2D eigenvalue weighted by Gasteiger charge is 2.42. The largest absolute Gasteiger partial charge is 0.390 e. The van der Waals surface area contributed by atoms with Crippen LogP contribution in [0, 0.1) is 5.92 Å². The second kappa shape index (κ2) is 9.38. The van der Waals surface area contributed by atoms with Crippen molar-refractivity contribution in [2.75, 3.05) is 11.9 Å². The Labute approximate surface area is 207 Å². The molecule has 5 N–H and O–H groups in total. The van der Waals surface area contributed by atoms with E-state index in [9.17, 15) is 14.4 Å². The van der Waals surface area contributed by atoms with Crippen LogP contribution in [0.25, 0.3) is 27.7 Å². The van der Waals surface area contributed by atoms with Gasteiger partial charge in [-0.05, 0) is 23.9 Å². The first-order chi connectivity index (χ1) is 16.3. The molecule has 0 saturated heterocycles. The van der Waals surface area contributed by atoms with Crippen molar-refractivity contribution in [3.05, 3.63) is 58.7 Å². The van der Waals surface area contributed by atoms with Gasteiger partial charge in [-0.1, -0.05) is 47.5 Å². The number of halogens is 2. The SMILES string of the molecule is NS(=O)OC[C@H]1C[C@@H](Nc2ccnc3cc(-c4c(Cl)cc(Cl)c5ccccc45)nn23)[C@H](O)[C@@H]1O. The summed E-state index contributed by atoms with van der Waals surface area (Å²) in [5.74, 6) is 0.149. The van der Waals surface area contributed by atoms with Gasteiger partial charge in [0.2, 0.25) is 11.3 Å². The molecule has 1 fully saturated rings. The molecule has 1 aliphatic rings. The summed E-state index contributed by atoms with van der Waals surface area (Å²) in [5, 5.41) is 36.8.